The number of hydrogen-bond acceptors (Lipinski definition) is 5. The summed E-state index contributed by atoms with van der Waals surface area (Å²) < 4.78 is 1.99. The molecule has 1 aliphatic rings. The molecule has 1 aromatic carbocycles. The van der Waals surface area contributed by atoms with Crippen LogP contribution in [0.15, 0.2) is 67.0 Å². The summed E-state index contributed by atoms with van der Waals surface area (Å²) in [4.78, 5) is 19.8. The molecule has 31 heavy (non-hydrogen) atoms. The molecule has 9 heteroatoms. The molecule has 1 N–H and O–H groups in total. The van der Waals surface area contributed by atoms with E-state index in [0.29, 0.717) is 5.11 Å². The van der Waals surface area contributed by atoms with Crippen LogP contribution < -0.4 is 5.32 Å². The molecule has 0 unspecified atom stereocenters. The van der Waals surface area contributed by atoms with Crippen LogP contribution in [-0.2, 0) is 0 Å². The number of pyridine rings is 1. The van der Waals surface area contributed by atoms with E-state index in [1.807, 2.05) is 61.3 Å². The van der Waals surface area contributed by atoms with Gasteiger partial charge in [-0.3, -0.25) is 15.1 Å². The van der Waals surface area contributed by atoms with E-state index in [2.05, 4.69) is 20.1 Å². The second-order valence-corrected chi connectivity index (χ2v) is 8.09. The molecule has 1 fully saturated rings. The molecule has 3 aromatic rings. The number of nitro benzene ring substituents is 1. The van der Waals surface area contributed by atoms with Crippen molar-refractivity contribution >= 4 is 23.0 Å². The predicted molar refractivity (Wildman–Crippen MR) is 123 cm³/mol. The van der Waals surface area contributed by atoms with Crippen LogP contribution >= 0.6 is 12.2 Å². The van der Waals surface area contributed by atoms with E-state index in [1.54, 1.807) is 18.3 Å². The van der Waals surface area contributed by atoms with Crippen molar-refractivity contribution in [1.82, 2.24) is 24.7 Å². The van der Waals surface area contributed by atoms with Gasteiger partial charge >= 0.3 is 0 Å². The fraction of sp³-hybridized carbons (Fsp3) is 0.273. The Bertz CT molecular complexity index is 1080. The molecule has 0 saturated carbocycles. The van der Waals surface area contributed by atoms with E-state index in [0.717, 1.165) is 30.2 Å². The maximum atomic E-state index is 11.3. The van der Waals surface area contributed by atoms with Crippen LogP contribution in [0.5, 0.6) is 0 Å². The first-order valence-electron chi connectivity index (χ1n) is 10.0. The van der Waals surface area contributed by atoms with Crippen molar-refractivity contribution in [1.29, 1.82) is 0 Å². The molecule has 2 aromatic heterocycles. The Morgan fingerprint density at radius 2 is 2.03 bits per heavy atom. The quantitative estimate of drug-likeness (QED) is 0.346. The number of likely N-dealkylation sites (N-methyl/N-ethyl adjacent to an activating group) is 1. The van der Waals surface area contributed by atoms with E-state index < -0.39 is 0 Å². The van der Waals surface area contributed by atoms with Gasteiger partial charge in [-0.1, -0.05) is 12.1 Å². The van der Waals surface area contributed by atoms with Crippen LogP contribution in [0.1, 0.15) is 23.5 Å². The first-order chi connectivity index (χ1) is 15.0. The van der Waals surface area contributed by atoms with Gasteiger partial charge < -0.3 is 19.7 Å². The number of thiocarbonyl (C=S) groups is 1. The average Bonchev–Trinajstić information content (AvgIpc) is 3.37. The molecule has 8 nitrogen and oxygen atoms in total. The minimum absolute atomic E-state index is 0.0583. The van der Waals surface area contributed by atoms with Gasteiger partial charge in [0.15, 0.2) is 5.11 Å². The number of nitro groups is 1. The lowest BCUT2D eigenvalue weighted by atomic mass is 10.0. The smallest absolute Gasteiger partial charge is 0.271 e. The Labute approximate surface area is 186 Å². The maximum absolute atomic E-state index is 11.3. The third-order valence-electron chi connectivity index (χ3n) is 5.39. The van der Waals surface area contributed by atoms with Crippen molar-refractivity contribution in [3.05, 3.63) is 88.5 Å². The predicted octanol–water partition coefficient (Wildman–Crippen LogP) is 3.31. The summed E-state index contributed by atoms with van der Waals surface area (Å²) in [5.74, 6) is 0. The van der Waals surface area contributed by atoms with Crippen molar-refractivity contribution in [2.45, 2.75) is 12.1 Å². The number of nitrogens with zero attached hydrogens (tertiary/aromatic N) is 5. The molecule has 4 rings (SSSR count). The molecule has 1 saturated heterocycles. The Morgan fingerprint density at radius 3 is 2.74 bits per heavy atom. The third kappa shape index (κ3) is 4.28. The molecule has 160 valence electrons. The lowest BCUT2D eigenvalue weighted by Crippen LogP contribution is -2.36. The van der Waals surface area contributed by atoms with Gasteiger partial charge in [0.2, 0.25) is 0 Å². The lowest BCUT2D eigenvalue weighted by Gasteiger charge is -2.29. The molecule has 0 aliphatic carbocycles. The van der Waals surface area contributed by atoms with Gasteiger partial charge in [0.25, 0.3) is 5.69 Å². The summed E-state index contributed by atoms with van der Waals surface area (Å²) >= 11 is 5.71. The fourth-order valence-corrected chi connectivity index (χ4v) is 4.23. The summed E-state index contributed by atoms with van der Waals surface area (Å²) in [6.45, 7) is 1.58. The van der Waals surface area contributed by atoms with Gasteiger partial charge in [-0.2, -0.15) is 0 Å². The summed E-state index contributed by atoms with van der Waals surface area (Å²) in [7, 11) is 4.06. The highest BCUT2D eigenvalue weighted by Gasteiger charge is 2.41. The molecular formula is C22H24N6O2S. The molecule has 2 atom stereocenters. The van der Waals surface area contributed by atoms with Crippen LogP contribution in [0.4, 0.5) is 5.69 Å². The maximum Gasteiger partial charge on any atom is 0.271 e. The second kappa shape index (κ2) is 8.83. The van der Waals surface area contributed by atoms with Gasteiger partial charge in [-0.05, 0) is 56.6 Å². The molecular weight excluding hydrogens is 412 g/mol. The standard InChI is InChI=1S/C22H24N6O2S/c1-25(2)13-14-27-21(20(24-22(27)31)18-9-3-4-11-23-18)19-10-6-12-26(19)16-7-5-8-17(15-16)28(29)30/h3-12,15,20-21H,13-14H2,1-2H3,(H,24,31)/t20-,21+/m1/s1. The Hall–Kier alpha value is -3.30. The highest BCUT2D eigenvalue weighted by atomic mass is 32.1. The van der Waals surface area contributed by atoms with Crippen LogP contribution in [0, 0.1) is 10.1 Å². The summed E-state index contributed by atoms with van der Waals surface area (Å²) in [6, 6.07) is 16.2. The van der Waals surface area contributed by atoms with Crippen LogP contribution in [0.3, 0.4) is 0 Å². The molecule has 3 heterocycles. The highest BCUT2D eigenvalue weighted by molar-refractivity contribution is 7.80. The van der Waals surface area contributed by atoms with Gasteiger partial charge in [-0.15, -0.1) is 0 Å². The van der Waals surface area contributed by atoms with Gasteiger partial charge in [-0.25, -0.2) is 0 Å². The van der Waals surface area contributed by atoms with Crippen molar-refractivity contribution in [3.8, 4) is 5.69 Å². The first kappa shape index (κ1) is 21.0. The third-order valence-corrected chi connectivity index (χ3v) is 5.74. The van der Waals surface area contributed by atoms with E-state index in [4.69, 9.17) is 12.2 Å². The van der Waals surface area contributed by atoms with E-state index in [9.17, 15) is 10.1 Å². The van der Waals surface area contributed by atoms with Crippen LogP contribution in [0.25, 0.3) is 5.69 Å². The first-order valence-corrected chi connectivity index (χ1v) is 10.4. The molecule has 0 spiro atoms. The number of hydrogen-bond donors (Lipinski definition) is 1. The van der Waals surface area contributed by atoms with E-state index in [-0.39, 0.29) is 22.7 Å². The second-order valence-electron chi connectivity index (χ2n) is 7.70. The largest absolute Gasteiger partial charge is 0.352 e. The molecule has 0 radical (unpaired) electrons. The van der Waals surface area contributed by atoms with Crippen LogP contribution in [-0.4, -0.2) is 56.6 Å². The highest BCUT2D eigenvalue weighted by Crippen LogP contribution is 2.39. The van der Waals surface area contributed by atoms with Crippen molar-refractivity contribution < 1.29 is 4.92 Å². The van der Waals surface area contributed by atoms with E-state index in [1.165, 1.54) is 6.07 Å². The fourth-order valence-electron chi connectivity index (χ4n) is 3.90. The summed E-state index contributed by atoms with van der Waals surface area (Å²) in [5, 5.41) is 15.4. The van der Waals surface area contributed by atoms with Crippen molar-refractivity contribution in [2.75, 3.05) is 27.2 Å². The zero-order valence-corrected chi connectivity index (χ0v) is 18.2. The van der Waals surface area contributed by atoms with Crippen molar-refractivity contribution in [3.63, 3.8) is 0 Å². The van der Waals surface area contributed by atoms with E-state index >= 15 is 0 Å². The monoisotopic (exact) mass is 436 g/mol. The molecule has 0 amide bonds. The Kier molecular flexibility index (Phi) is 5.97. The number of benzene rings is 1. The van der Waals surface area contributed by atoms with Gasteiger partial charge in [0, 0.05) is 43.3 Å². The van der Waals surface area contributed by atoms with Crippen molar-refractivity contribution in [2.24, 2.45) is 0 Å². The SMILES string of the molecule is CN(C)CCN1C(=S)N[C@H](c2ccccn2)[C@@H]1c1cccn1-c1cccc([N+](=O)[O-])c1. The normalized spacial score (nSPS) is 18.4. The minimum atomic E-state index is -0.376. The Morgan fingerprint density at radius 1 is 1.19 bits per heavy atom. The van der Waals surface area contributed by atoms with Gasteiger partial charge in [0.1, 0.15) is 0 Å². The number of non-ortho nitro benzene ring substituents is 1. The van der Waals surface area contributed by atoms with Gasteiger partial charge in [0.05, 0.1) is 28.4 Å². The summed E-state index contributed by atoms with van der Waals surface area (Å²) in [6.07, 6.45) is 3.70. The lowest BCUT2D eigenvalue weighted by molar-refractivity contribution is -0.384. The zero-order valence-electron chi connectivity index (χ0n) is 17.4. The average molecular weight is 437 g/mol. The molecule has 1 aliphatic heterocycles. The number of nitrogens with one attached hydrogen (secondary N) is 1. The topological polar surface area (TPSA) is 79.5 Å². The summed E-state index contributed by atoms with van der Waals surface area (Å²) in [5.41, 5.74) is 2.68. The Balaban J connectivity index is 1.79. The van der Waals surface area contributed by atoms with Crippen LogP contribution in [0.2, 0.25) is 0 Å². The minimum Gasteiger partial charge on any atom is -0.352 e. The number of rotatable bonds is 7. The zero-order chi connectivity index (χ0) is 22.0. The number of aromatic nitrogens is 2. The molecule has 0 bridgehead atoms.